The second-order valence-corrected chi connectivity index (χ2v) is 5.69. The summed E-state index contributed by atoms with van der Waals surface area (Å²) in [6.07, 6.45) is 3.47. The van der Waals surface area contributed by atoms with Gasteiger partial charge in [-0.1, -0.05) is 20.8 Å². The lowest BCUT2D eigenvalue weighted by atomic mass is 9.87. The van der Waals surface area contributed by atoms with E-state index in [2.05, 4.69) is 32.2 Å². The largest absolute Gasteiger partial charge is 0.356 e. The molecule has 1 unspecified atom stereocenters. The molecule has 4 nitrogen and oxygen atoms in total. The molecule has 0 saturated heterocycles. The van der Waals surface area contributed by atoms with Crippen molar-refractivity contribution in [2.45, 2.75) is 58.9 Å². The van der Waals surface area contributed by atoms with Gasteiger partial charge in [-0.05, 0) is 24.7 Å². The van der Waals surface area contributed by atoms with E-state index in [0.717, 1.165) is 19.3 Å². The fourth-order valence-electron chi connectivity index (χ4n) is 1.73. The van der Waals surface area contributed by atoms with Crippen LogP contribution in [-0.2, 0) is 4.79 Å². The van der Waals surface area contributed by atoms with Crippen molar-refractivity contribution in [2.75, 3.05) is 6.54 Å². The Morgan fingerprint density at radius 2 is 2.06 bits per heavy atom. The molecule has 0 heterocycles. The number of amides is 1. The van der Waals surface area contributed by atoms with Gasteiger partial charge in [-0.2, -0.15) is 5.26 Å². The van der Waals surface area contributed by atoms with Gasteiger partial charge >= 0.3 is 0 Å². The Morgan fingerprint density at radius 3 is 2.59 bits per heavy atom. The topological polar surface area (TPSA) is 78.9 Å². The van der Waals surface area contributed by atoms with Crippen LogP contribution in [0.1, 0.15) is 52.9 Å². The number of hydrogen-bond donors (Lipinski definition) is 2. The van der Waals surface area contributed by atoms with Crippen LogP contribution in [0.15, 0.2) is 0 Å². The molecule has 0 aliphatic carbocycles. The second-order valence-electron chi connectivity index (χ2n) is 5.69. The number of unbranched alkanes of at least 4 members (excludes halogenated alkanes) is 2. The van der Waals surface area contributed by atoms with E-state index in [0.29, 0.717) is 19.4 Å². The average molecular weight is 239 g/mol. The van der Waals surface area contributed by atoms with Crippen LogP contribution in [0.2, 0.25) is 0 Å². The number of hydrogen-bond acceptors (Lipinski definition) is 3. The van der Waals surface area contributed by atoms with Gasteiger partial charge in [-0.3, -0.25) is 4.79 Å². The number of carbonyl (C=O) groups excluding carboxylic acids is 1. The molecule has 3 N–H and O–H groups in total. The molecule has 0 spiro atoms. The highest BCUT2D eigenvalue weighted by Crippen LogP contribution is 2.20. The number of rotatable bonds is 7. The zero-order chi connectivity index (χ0) is 13.3. The maximum absolute atomic E-state index is 11.5. The SMILES string of the molecule is CC(C)(C)CC(N)CC(=O)NCCCCC#N. The Labute approximate surface area is 105 Å². The molecule has 0 radical (unpaired) electrons. The van der Waals surface area contributed by atoms with E-state index in [-0.39, 0.29) is 17.4 Å². The van der Waals surface area contributed by atoms with Crippen LogP contribution in [-0.4, -0.2) is 18.5 Å². The van der Waals surface area contributed by atoms with Crippen LogP contribution in [0.25, 0.3) is 0 Å². The van der Waals surface area contributed by atoms with Crippen molar-refractivity contribution in [1.82, 2.24) is 5.32 Å². The van der Waals surface area contributed by atoms with Crippen molar-refractivity contribution in [1.29, 1.82) is 5.26 Å². The molecule has 0 aliphatic heterocycles. The third kappa shape index (κ3) is 11.2. The lowest BCUT2D eigenvalue weighted by molar-refractivity contribution is -0.121. The highest BCUT2D eigenvalue weighted by atomic mass is 16.1. The summed E-state index contributed by atoms with van der Waals surface area (Å²) < 4.78 is 0. The smallest absolute Gasteiger partial charge is 0.221 e. The van der Waals surface area contributed by atoms with Crippen LogP contribution >= 0.6 is 0 Å². The van der Waals surface area contributed by atoms with Crippen LogP contribution in [0, 0.1) is 16.7 Å². The average Bonchev–Trinajstić information content (AvgIpc) is 2.14. The molecule has 0 aromatic carbocycles. The van der Waals surface area contributed by atoms with E-state index in [1.54, 1.807) is 0 Å². The van der Waals surface area contributed by atoms with Crippen molar-refractivity contribution < 1.29 is 4.79 Å². The Morgan fingerprint density at radius 1 is 1.41 bits per heavy atom. The quantitative estimate of drug-likeness (QED) is 0.666. The van der Waals surface area contributed by atoms with Gasteiger partial charge in [-0.25, -0.2) is 0 Å². The number of nitrogens with one attached hydrogen (secondary N) is 1. The molecular weight excluding hydrogens is 214 g/mol. The minimum absolute atomic E-state index is 0.0127. The molecular formula is C13H25N3O. The fourth-order valence-corrected chi connectivity index (χ4v) is 1.73. The summed E-state index contributed by atoms with van der Waals surface area (Å²) in [6, 6.07) is 2.01. The van der Waals surface area contributed by atoms with E-state index < -0.39 is 0 Å². The van der Waals surface area contributed by atoms with Gasteiger partial charge in [0.25, 0.3) is 0 Å². The number of nitrogens with zero attached hydrogens (tertiary/aromatic N) is 1. The van der Waals surface area contributed by atoms with E-state index in [9.17, 15) is 4.79 Å². The Kier molecular flexibility index (Phi) is 7.56. The normalized spacial score (nSPS) is 12.9. The van der Waals surface area contributed by atoms with Crippen molar-refractivity contribution >= 4 is 5.91 Å². The van der Waals surface area contributed by atoms with E-state index in [1.807, 2.05) is 0 Å². The van der Waals surface area contributed by atoms with E-state index in [1.165, 1.54) is 0 Å². The summed E-state index contributed by atoms with van der Waals surface area (Å²) in [5.41, 5.74) is 6.07. The van der Waals surface area contributed by atoms with Crippen molar-refractivity contribution in [3.05, 3.63) is 0 Å². The zero-order valence-electron chi connectivity index (χ0n) is 11.3. The molecule has 4 heteroatoms. The van der Waals surface area contributed by atoms with Gasteiger partial charge in [0.2, 0.25) is 5.91 Å². The van der Waals surface area contributed by atoms with Crippen LogP contribution in [0.3, 0.4) is 0 Å². The van der Waals surface area contributed by atoms with Gasteiger partial charge in [0.15, 0.2) is 0 Å². The standard InChI is InChI=1S/C13H25N3O/c1-13(2,3)10-11(15)9-12(17)16-8-6-4-5-7-14/h11H,4-6,8-10,15H2,1-3H3,(H,16,17). The van der Waals surface area contributed by atoms with E-state index in [4.69, 9.17) is 11.0 Å². The summed E-state index contributed by atoms with van der Waals surface area (Å²) >= 11 is 0. The lowest BCUT2D eigenvalue weighted by Gasteiger charge is -2.22. The predicted molar refractivity (Wildman–Crippen MR) is 69.1 cm³/mol. The minimum Gasteiger partial charge on any atom is -0.356 e. The Balaban J connectivity index is 3.62. The predicted octanol–water partition coefficient (Wildman–Crippen LogP) is 1.95. The van der Waals surface area contributed by atoms with Crippen molar-refractivity contribution in [3.63, 3.8) is 0 Å². The first kappa shape index (κ1) is 15.9. The molecule has 0 aliphatic rings. The molecule has 0 saturated carbocycles. The van der Waals surface area contributed by atoms with Gasteiger partial charge in [-0.15, -0.1) is 0 Å². The first-order valence-corrected chi connectivity index (χ1v) is 6.24. The van der Waals surface area contributed by atoms with Gasteiger partial charge in [0.1, 0.15) is 0 Å². The Hall–Kier alpha value is -1.08. The first-order chi connectivity index (χ1) is 7.85. The molecule has 0 fully saturated rings. The molecule has 0 bridgehead atoms. The lowest BCUT2D eigenvalue weighted by Crippen LogP contribution is -2.34. The highest BCUT2D eigenvalue weighted by Gasteiger charge is 2.17. The highest BCUT2D eigenvalue weighted by molar-refractivity contribution is 5.76. The maximum Gasteiger partial charge on any atom is 0.221 e. The van der Waals surface area contributed by atoms with Crippen LogP contribution < -0.4 is 11.1 Å². The maximum atomic E-state index is 11.5. The third-order valence-corrected chi connectivity index (χ3v) is 2.36. The molecule has 1 atom stereocenters. The number of nitrogens with two attached hydrogens (primary N) is 1. The summed E-state index contributed by atoms with van der Waals surface area (Å²) in [6.45, 7) is 6.99. The summed E-state index contributed by atoms with van der Waals surface area (Å²) in [7, 11) is 0. The summed E-state index contributed by atoms with van der Waals surface area (Å²) in [5, 5.41) is 11.2. The van der Waals surface area contributed by atoms with Crippen molar-refractivity contribution in [3.8, 4) is 6.07 Å². The molecule has 0 aromatic rings. The second kappa shape index (κ2) is 8.08. The third-order valence-electron chi connectivity index (χ3n) is 2.36. The molecule has 1 amide bonds. The molecule has 17 heavy (non-hydrogen) atoms. The Bertz CT molecular complexity index is 263. The molecule has 0 aromatic heterocycles. The molecule has 0 rings (SSSR count). The zero-order valence-corrected chi connectivity index (χ0v) is 11.3. The van der Waals surface area contributed by atoms with Gasteiger partial charge < -0.3 is 11.1 Å². The molecule has 98 valence electrons. The minimum atomic E-state index is -0.0749. The van der Waals surface area contributed by atoms with Crippen LogP contribution in [0.5, 0.6) is 0 Å². The van der Waals surface area contributed by atoms with Gasteiger partial charge in [0.05, 0.1) is 6.07 Å². The van der Waals surface area contributed by atoms with Gasteiger partial charge in [0, 0.05) is 25.4 Å². The first-order valence-electron chi connectivity index (χ1n) is 6.24. The monoisotopic (exact) mass is 239 g/mol. The number of nitriles is 1. The summed E-state index contributed by atoms with van der Waals surface area (Å²) in [5.74, 6) is 0.0127. The van der Waals surface area contributed by atoms with Crippen molar-refractivity contribution in [2.24, 2.45) is 11.1 Å². The van der Waals surface area contributed by atoms with Crippen LogP contribution in [0.4, 0.5) is 0 Å². The number of carbonyl (C=O) groups is 1. The summed E-state index contributed by atoms with van der Waals surface area (Å²) in [4.78, 5) is 11.5. The fraction of sp³-hybridized carbons (Fsp3) is 0.846. The van der Waals surface area contributed by atoms with E-state index >= 15 is 0 Å².